The molecule has 0 aromatic carbocycles. The van der Waals surface area contributed by atoms with Crippen LogP contribution >= 0.6 is 0 Å². The van der Waals surface area contributed by atoms with Gasteiger partial charge in [-0.05, 0) is 19.3 Å². The zero-order valence-corrected chi connectivity index (χ0v) is 23.3. The van der Waals surface area contributed by atoms with Gasteiger partial charge in [0.2, 0.25) is 0 Å². The van der Waals surface area contributed by atoms with Gasteiger partial charge in [0, 0.05) is 12.8 Å². The van der Waals surface area contributed by atoms with Gasteiger partial charge in [0.05, 0.1) is 6.61 Å². The molecular formula is C30H60O4. The topological polar surface area (TPSA) is 63.6 Å². The Balaban J connectivity index is 0. The second-order valence-corrected chi connectivity index (χ2v) is 9.83. The lowest BCUT2D eigenvalue weighted by atomic mass is 10.0. The number of hydrogen-bond donors (Lipinski definition) is 1. The van der Waals surface area contributed by atoms with E-state index in [1.165, 1.54) is 109 Å². The van der Waals surface area contributed by atoms with Gasteiger partial charge in [-0.3, -0.25) is 9.59 Å². The van der Waals surface area contributed by atoms with Crippen LogP contribution in [0, 0.1) is 0 Å². The fourth-order valence-electron chi connectivity index (χ4n) is 3.92. The summed E-state index contributed by atoms with van der Waals surface area (Å²) in [5, 5.41) is 8.27. The summed E-state index contributed by atoms with van der Waals surface area (Å²) in [6.45, 7) is 7.15. The summed E-state index contributed by atoms with van der Waals surface area (Å²) in [6.07, 6.45) is 29.0. The van der Waals surface area contributed by atoms with Gasteiger partial charge in [0.15, 0.2) is 0 Å². The molecule has 1 N–H and O–H groups in total. The molecule has 0 amide bonds. The van der Waals surface area contributed by atoms with E-state index in [0.29, 0.717) is 19.4 Å². The quantitative estimate of drug-likeness (QED) is 0.103. The van der Waals surface area contributed by atoms with E-state index in [4.69, 9.17) is 9.84 Å². The minimum absolute atomic E-state index is 0.00172. The molecule has 0 atom stereocenters. The fourth-order valence-corrected chi connectivity index (χ4v) is 3.92. The van der Waals surface area contributed by atoms with Gasteiger partial charge in [-0.25, -0.2) is 0 Å². The number of rotatable bonds is 25. The lowest BCUT2D eigenvalue weighted by molar-refractivity contribution is -0.144. The first-order valence-corrected chi connectivity index (χ1v) is 15.0. The van der Waals surface area contributed by atoms with E-state index >= 15 is 0 Å². The van der Waals surface area contributed by atoms with Crippen molar-refractivity contribution in [2.45, 2.75) is 175 Å². The summed E-state index contributed by atoms with van der Waals surface area (Å²) in [7, 11) is 0. The first-order chi connectivity index (χ1) is 16.6. The summed E-state index contributed by atoms with van der Waals surface area (Å²) in [5.41, 5.74) is 0. The number of carbonyl (C=O) groups excluding carboxylic acids is 1. The first kappa shape index (κ1) is 35.1. The number of ether oxygens (including phenoxy) is 1. The Morgan fingerprint density at radius 1 is 0.471 bits per heavy atom. The van der Waals surface area contributed by atoms with Crippen LogP contribution < -0.4 is 0 Å². The van der Waals surface area contributed by atoms with Crippen molar-refractivity contribution >= 4 is 11.9 Å². The molecule has 0 fully saturated rings. The molecule has 0 aliphatic heterocycles. The van der Waals surface area contributed by atoms with Crippen molar-refractivity contribution in [2.75, 3.05) is 6.61 Å². The van der Waals surface area contributed by atoms with Gasteiger partial charge in [-0.15, -0.1) is 0 Å². The number of carboxylic acids is 1. The van der Waals surface area contributed by atoms with Crippen LogP contribution in [0.1, 0.15) is 175 Å². The van der Waals surface area contributed by atoms with Gasteiger partial charge < -0.3 is 9.84 Å². The van der Waals surface area contributed by atoms with Crippen LogP contribution in [-0.2, 0) is 14.3 Å². The third-order valence-corrected chi connectivity index (χ3v) is 6.24. The average Bonchev–Trinajstić information content (AvgIpc) is 2.82. The maximum atomic E-state index is 11.4. The van der Waals surface area contributed by atoms with Crippen LogP contribution in [0.3, 0.4) is 0 Å². The summed E-state index contributed by atoms with van der Waals surface area (Å²) in [6, 6.07) is 0. The normalized spacial score (nSPS) is 10.6. The smallest absolute Gasteiger partial charge is 0.305 e. The molecule has 34 heavy (non-hydrogen) atoms. The highest BCUT2D eigenvalue weighted by atomic mass is 16.5. The van der Waals surface area contributed by atoms with E-state index < -0.39 is 5.97 Å². The van der Waals surface area contributed by atoms with Crippen LogP contribution in [0.4, 0.5) is 0 Å². The zero-order chi connectivity index (χ0) is 25.5. The molecule has 0 rings (SSSR count). The Morgan fingerprint density at radius 3 is 1.15 bits per heavy atom. The summed E-state index contributed by atoms with van der Waals surface area (Å²) < 4.78 is 5.16. The van der Waals surface area contributed by atoms with E-state index in [9.17, 15) is 9.59 Å². The van der Waals surface area contributed by atoms with Crippen LogP contribution in [0.15, 0.2) is 0 Å². The molecule has 4 nitrogen and oxygen atoms in total. The number of carbonyl (C=O) groups is 2. The van der Waals surface area contributed by atoms with Crippen LogP contribution in [0.5, 0.6) is 0 Å². The Bertz CT molecular complexity index is 409. The lowest BCUT2D eigenvalue weighted by Crippen LogP contribution is -2.05. The van der Waals surface area contributed by atoms with E-state index in [2.05, 4.69) is 20.8 Å². The van der Waals surface area contributed by atoms with Crippen molar-refractivity contribution in [3.05, 3.63) is 0 Å². The molecule has 0 unspecified atom stereocenters. The third-order valence-electron chi connectivity index (χ3n) is 6.24. The molecule has 0 heterocycles. The van der Waals surface area contributed by atoms with Crippen LogP contribution in [0.2, 0.25) is 0 Å². The second-order valence-electron chi connectivity index (χ2n) is 9.83. The summed E-state index contributed by atoms with van der Waals surface area (Å²) >= 11 is 0. The minimum Gasteiger partial charge on any atom is -0.481 e. The lowest BCUT2D eigenvalue weighted by Gasteiger charge is -2.04. The maximum absolute atomic E-state index is 11.4. The molecule has 0 radical (unpaired) electrons. The van der Waals surface area contributed by atoms with E-state index in [1.54, 1.807) is 0 Å². The van der Waals surface area contributed by atoms with Crippen molar-refractivity contribution in [1.82, 2.24) is 0 Å². The molecule has 0 aromatic rings. The standard InChI is InChI=1S/C22H44O2.C8H16O2/c1-3-5-7-8-9-10-11-12-13-14-15-16-17-18-19-20-22(23)24-21-6-4-2;1-2-3-4-5-6-7-8(9)10/h3-21H2,1-2H3;2-7H2,1H3,(H,9,10). The molecule has 4 heteroatoms. The predicted octanol–water partition coefficient (Wildman–Crippen LogP) is 10.0. The molecule has 0 spiro atoms. The van der Waals surface area contributed by atoms with E-state index in [1.807, 2.05) is 0 Å². The molecule has 0 saturated heterocycles. The highest BCUT2D eigenvalue weighted by Crippen LogP contribution is 2.14. The van der Waals surface area contributed by atoms with Crippen molar-refractivity contribution in [1.29, 1.82) is 0 Å². The highest BCUT2D eigenvalue weighted by Gasteiger charge is 2.02. The van der Waals surface area contributed by atoms with Crippen LogP contribution in [0.25, 0.3) is 0 Å². The summed E-state index contributed by atoms with van der Waals surface area (Å²) in [5.74, 6) is -0.672. The molecular weight excluding hydrogens is 424 g/mol. The highest BCUT2D eigenvalue weighted by molar-refractivity contribution is 5.69. The second kappa shape index (κ2) is 31.9. The number of carboxylic acid groups (broad SMARTS) is 1. The van der Waals surface area contributed by atoms with Gasteiger partial charge in [0.25, 0.3) is 0 Å². The number of unbranched alkanes of at least 4 members (excludes halogenated alkanes) is 19. The van der Waals surface area contributed by atoms with Gasteiger partial charge >= 0.3 is 11.9 Å². The Kier molecular flexibility index (Phi) is 33.0. The van der Waals surface area contributed by atoms with Gasteiger partial charge in [-0.2, -0.15) is 0 Å². The molecule has 0 aliphatic rings. The Labute approximate surface area is 213 Å². The predicted molar refractivity (Wildman–Crippen MR) is 146 cm³/mol. The van der Waals surface area contributed by atoms with Gasteiger partial charge in [-0.1, -0.05) is 143 Å². The molecule has 0 aromatic heterocycles. The number of hydrogen-bond acceptors (Lipinski definition) is 3. The van der Waals surface area contributed by atoms with Gasteiger partial charge in [0.1, 0.15) is 0 Å². The van der Waals surface area contributed by atoms with Crippen molar-refractivity contribution < 1.29 is 19.4 Å². The maximum Gasteiger partial charge on any atom is 0.305 e. The molecule has 0 aliphatic carbocycles. The Hall–Kier alpha value is -1.06. The van der Waals surface area contributed by atoms with E-state index in [-0.39, 0.29) is 5.97 Å². The zero-order valence-electron chi connectivity index (χ0n) is 23.3. The first-order valence-electron chi connectivity index (χ1n) is 15.0. The SMILES string of the molecule is CCCCCCCC(=O)O.CCCCCCCCCCCCCCCCCC(=O)OCCCC. The van der Waals surface area contributed by atoms with Crippen LogP contribution in [-0.4, -0.2) is 23.7 Å². The van der Waals surface area contributed by atoms with Crippen molar-refractivity contribution in [3.63, 3.8) is 0 Å². The van der Waals surface area contributed by atoms with Crippen molar-refractivity contribution in [2.24, 2.45) is 0 Å². The number of esters is 1. The third kappa shape index (κ3) is 35.5. The molecule has 0 bridgehead atoms. The van der Waals surface area contributed by atoms with Crippen molar-refractivity contribution in [3.8, 4) is 0 Å². The molecule has 0 saturated carbocycles. The largest absolute Gasteiger partial charge is 0.481 e. The van der Waals surface area contributed by atoms with E-state index in [0.717, 1.165) is 32.1 Å². The average molecular weight is 485 g/mol. The fraction of sp³-hybridized carbons (Fsp3) is 0.933. The number of aliphatic carboxylic acids is 1. The Morgan fingerprint density at radius 2 is 0.794 bits per heavy atom. The summed E-state index contributed by atoms with van der Waals surface area (Å²) in [4.78, 5) is 21.5. The molecule has 204 valence electrons. The minimum atomic E-state index is -0.670. The monoisotopic (exact) mass is 484 g/mol.